The number of hydrogen-bond donors (Lipinski definition) is 2. The zero-order valence-electron chi connectivity index (χ0n) is 25.2. The summed E-state index contributed by atoms with van der Waals surface area (Å²) in [6.45, 7) is 16.2. The average molecular weight is 657 g/mol. The molecular formula is C26H63N2Na3O8Si2. The van der Waals surface area contributed by atoms with Crippen molar-refractivity contribution in [3.05, 3.63) is 0 Å². The molecular weight excluding hydrogens is 593 g/mol. The predicted octanol–water partition coefficient (Wildman–Crippen LogP) is -6.30. The predicted molar refractivity (Wildman–Crippen MR) is 157 cm³/mol. The summed E-state index contributed by atoms with van der Waals surface area (Å²) in [6.07, 6.45) is 2.62. The molecule has 2 amide bonds. The van der Waals surface area contributed by atoms with E-state index in [1.165, 1.54) is 0 Å². The van der Waals surface area contributed by atoms with E-state index in [9.17, 15) is 24.0 Å². The first kappa shape index (κ1) is 65.7. The van der Waals surface area contributed by atoms with Gasteiger partial charge in [-0.3, -0.25) is 18.4 Å². The van der Waals surface area contributed by atoms with E-state index in [-0.39, 0.29) is 161 Å². The van der Waals surface area contributed by atoms with Gasteiger partial charge < -0.3 is 38.3 Å². The van der Waals surface area contributed by atoms with Crippen LogP contribution in [0.25, 0.3) is 0 Å². The summed E-state index contributed by atoms with van der Waals surface area (Å²) < 4.78 is 17.3. The number of nitrogens with one attached hydrogen (secondary N) is 2. The third kappa shape index (κ3) is 38.2. The standard InChI is InChI=1S/C14H31NO4Si.C8H16NO4Si.4CH4.3Na/c1-6-13(5)14(16)15-11-10-12-20(17-7-2,18-8-3)19-9-4;1-3-7(2)8(10)9-5-4-6-14(11,12)13;;;;;;;/h13H,6-12H2,1-5H3,(H,15,16);7H,3-6H2,1-2H3,(H,9,10);4*1H4;;;/q;-3;;;;;3*+1. The summed E-state index contributed by atoms with van der Waals surface area (Å²) in [6, 6.07) is 0.372. The number of hydrogen-bond acceptors (Lipinski definition) is 8. The van der Waals surface area contributed by atoms with E-state index in [1.807, 2.05) is 41.5 Å². The molecule has 0 radical (unpaired) electrons. The van der Waals surface area contributed by atoms with E-state index < -0.39 is 17.6 Å². The van der Waals surface area contributed by atoms with Crippen molar-refractivity contribution in [3.63, 3.8) is 0 Å². The van der Waals surface area contributed by atoms with Crippen LogP contribution in [0.3, 0.4) is 0 Å². The molecule has 0 rings (SSSR count). The fourth-order valence-corrected chi connectivity index (χ4v) is 5.98. The average Bonchev–Trinajstić information content (AvgIpc) is 2.78. The maximum Gasteiger partial charge on any atom is 1.00 e. The zero-order chi connectivity index (χ0) is 26.6. The minimum atomic E-state index is -4.67. The van der Waals surface area contributed by atoms with Crippen LogP contribution in [0.2, 0.25) is 12.1 Å². The van der Waals surface area contributed by atoms with Crippen LogP contribution < -0.4 is 114 Å². The molecule has 0 aliphatic heterocycles. The van der Waals surface area contributed by atoms with Crippen LogP contribution >= 0.6 is 0 Å². The zero-order valence-corrected chi connectivity index (χ0v) is 33.2. The van der Waals surface area contributed by atoms with Crippen LogP contribution in [0.15, 0.2) is 0 Å². The molecule has 0 spiro atoms. The maximum absolute atomic E-state index is 11.7. The van der Waals surface area contributed by atoms with Crippen LogP contribution in [0, 0.1) is 11.8 Å². The van der Waals surface area contributed by atoms with Crippen LogP contribution in [0.4, 0.5) is 0 Å². The first-order valence-corrected chi connectivity index (χ1v) is 16.4. The Morgan fingerprint density at radius 1 is 0.634 bits per heavy atom. The Morgan fingerprint density at radius 2 is 0.927 bits per heavy atom. The minimum absolute atomic E-state index is 0. The quantitative estimate of drug-likeness (QED) is 0.109. The Labute approximate surface area is 323 Å². The molecule has 0 heterocycles. The molecule has 41 heavy (non-hydrogen) atoms. The van der Waals surface area contributed by atoms with Gasteiger partial charge in [-0.15, -0.1) is 6.04 Å². The fourth-order valence-electron chi connectivity index (χ4n) is 2.75. The van der Waals surface area contributed by atoms with Crippen molar-refractivity contribution < 1.29 is 126 Å². The van der Waals surface area contributed by atoms with Crippen LogP contribution in [0.1, 0.15) is 104 Å². The first-order valence-electron chi connectivity index (χ1n) is 12.5. The topological polar surface area (TPSA) is 155 Å². The van der Waals surface area contributed by atoms with Crippen molar-refractivity contribution in [2.75, 3.05) is 32.9 Å². The monoisotopic (exact) mass is 656 g/mol. The SMILES string of the molecule is C.C.C.C.CCC(C)C(=O)NCCC[Si]([O-])([O-])[O-].CCO[Si](CCCNC(=O)C(C)CC)(OCC)OCC.[Na+].[Na+].[Na+]. The number of amides is 2. The Morgan fingerprint density at radius 3 is 1.17 bits per heavy atom. The second kappa shape index (κ2) is 40.2. The molecule has 2 N–H and O–H groups in total. The van der Waals surface area contributed by atoms with Gasteiger partial charge in [0.05, 0.1) is 0 Å². The maximum atomic E-state index is 11.7. The Kier molecular flexibility index (Phi) is 64.4. The molecule has 236 valence electrons. The van der Waals surface area contributed by atoms with Crippen LogP contribution in [-0.4, -0.2) is 62.3 Å². The smallest absolute Gasteiger partial charge is 0.881 e. The van der Waals surface area contributed by atoms with Gasteiger partial charge in [0, 0.05) is 50.8 Å². The number of carbonyl (C=O) groups excluding carboxylic acids is 2. The van der Waals surface area contributed by atoms with Gasteiger partial charge in [0.2, 0.25) is 11.8 Å². The summed E-state index contributed by atoms with van der Waals surface area (Å²) in [4.78, 5) is 53.6. The third-order valence-electron chi connectivity index (χ3n) is 5.13. The van der Waals surface area contributed by atoms with E-state index in [4.69, 9.17) is 13.3 Å². The van der Waals surface area contributed by atoms with Crippen molar-refractivity contribution in [1.29, 1.82) is 0 Å². The van der Waals surface area contributed by atoms with Gasteiger partial charge in [-0.1, -0.05) is 57.4 Å². The second-order valence-electron chi connectivity index (χ2n) is 8.07. The van der Waals surface area contributed by atoms with E-state index >= 15 is 0 Å². The fraction of sp³-hybridized carbons (Fsp3) is 0.923. The molecule has 0 aliphatic carbocycles. The summed E-state index contributed by atoms with van der Waals surface area (Å²) in [5, 5.41) is 5.52. The molecule has 0 bridgehead atoms. The molecule has 0 fully saturated rings. The molecule has 2 unspecified atom stereocenters. The van der Waals surface area contributed by atoms with E-state index in [1.54, 1.807) is 6.92 Å². The van der Waals surface area contributed by atoms with Crippen molar-refractivity contribution in [2.45, 2.75) is 116 Å². The Hall–Kier alpha value is 2.13. The van der Waals surface area contributed by atoms with Gasteiger partial charge in [-0.25, -0.2) is 0 Å². The van der Waals surface area contributed by atoms with Crippen molar-refractivity contribution in [3.8, 4) is 0 Å². The van der Waals surface area contributed by atoms with Gasteiger partial charge in [0.1, 0.15) is 0 Å². The van der Waals surface area contributed by atoms with Gasteiger partial charge in [0.15, 0.2) is 0 Å². The third-order valence-corrected chi connectivity index (χ3v) is 9.25. The van der Waals surface area contributed by atoms with Gasteiger partial charge in [0.25, 0.3) is 0 Å². The summed E-state index contributed by atoms with van der Waals surface area (Å²) >= 11 is 0. The summed E-state index contributed by atoms with van der Waals surface area (Å²) in [7, 11) is -7.22. The molecule has 0 aromatic heterocycles. The molecule has 10 nitrogen and oxygen atoms in total. The number of rotatable bonds is 18. The summed E-state index contributed by atoms with van der Waals surface area (Å²) in [5.41, 5.74) is 0. The van der Waals surface area contributed by atoms with Gasteiger partial charge >= 0.3 is 97.5 Å². The van der Waals surface area contributed by atoms with E-state index in [0.717, 1.165) is 25.3 Å². The molecule has 0 aromatic rings. The largest absolute Gasteiger partial charge is 1.00 e. The minimum Gasteiger partial charge on any atom is -0.881 e. The van der Waals surface area contributed by atoms with Gasteiger partial charge in [-0.2, -0.15) is 0 Å². The van der Waals surface area contributed by atoms with Crippen molar-refractivity contribution in [2.24, 2.45) is 11.8 Å². The molecule has 0 aliphatic rings. The van der Waals surface area contributed by atoms with Crippen molar-refractivity contribution in [1.82, 2.24) is 10.6 Å². The van der Waals surface area contributed by atoms with E-state index in [2.05, 4.69) is 10.6 Å². The van der Waals surface area contributed by atoms with Crippen LogP contribution in [-0.2, 0) is 22.9 Å². The molecule has 2 atom stereocenters. The molecule has 0 saturated heterocycles. The normalized spacial score (nSPS) is 11.2. The Bertz CT molecular complexity index is 536. The van der Waals surface area contributed by atoms with Crippen molar-refractivity contribution >= 4 is 29.4 Å². The summed E-state index contributed by atoms with van der Waals surface area (Å²) in [5.74, 6) is 0.0258. The van der Waals surface area contributed by atoms with Gasteiger partial charge in [-0.05, 0) is 46.5 Å². The molecule has 0 saturated carbocycles. The number of carbonyl (C=O) groups is 2. The second-order valence-corrected chi connectivity index (χ2v) is 12.7. The van der Waals surface area contributed by atoms with E-state index in [0.29, 0.717) is 26.4 Å². The molecule has 0 aromatic carbocycles. The van der Waals surface area contributed by atoms with Crippen LogP contribution in [0.5, 0.6) is 0 Å². The first-order chi connectivity index (χ1) is 15.9. The Balaban J connectivity index is -0.0000000634. The molecule has 15 heteroatoms.